The number of pyridine rings is 1. The van der Waals surface area contributed by atoms with Gasteiger partial charge < -0.3 is 15.0 Å². The van der Waals surface area contributed by atoms with E-state index in [1.807, 2.05) is 30.3 Å². The van der Waals surface area contributed by atoms with Crippen LogP contribution in [0.2, 0.25) is 0 Å². The van der Waals surface area contributed by atoms with Crippen LogP contribution in [0.5, 0.6) is 0 Å². The number of carbonyl (C=O) groups excluding carboxylic acids is 1. The molecule has 2 N–H and O–H groups in total. The van der Waals surface area contributed by atoms with Gasteiger partial charge in [-0.05, 0) is 30.2 Å². The van der Waals surface area contributed by atoms with E-state index in [-0.39, 0.29) is 11.3 Å². The molecule has 0 saturated carbocycles. The summed E-state index contributed by atoms with van der Waals surface area (Å²) in [5, 5.41) is 3.52. The summed E-state index contributed by atoms with van der Waals surface area (Å²) in [5.74, 6) is -1.23. The molecule has 0 unspecified atom stereocenters. The Labute approximate surface area is 143 Å². The number of esters is 1. The van der Waals surface area contributed by atoms with Gasteiger partial charge in [0.1, 0.15) is 11.4 Å². The lowest BCUT2D eigenvalue weighted by Crippen LogP contribution is -2.23. The first-order chi connectivity index (χ1) is 12.1. The molecule has 0 amide bonds. The van der Waals surface area contributed by atoms with Crippen molar-refractivity contribution in [3.8, 4) is 0 Å². The maximum Gasteiger partial charge on any atom is 0.345 e. The molecular weight excluding hydrogens is 323 g/mol. The second-order valence-corrected chi connectivity index (χ2v) is 5.55. The molecule has 0 saturated heterocycles. The number of fused-ring (bicyclic) bond motifs is 1. The van der Waals surface area contributed by atoms with Crippen LogP contribution in [0.4, 0.5) is 10.1 Å². The van der Waals surface area contributed by atoms with Gasteiger partial charge in [0.2, 0.25) is 0 Å². The summed E-state index contributed by atoms with van der Waals surface area (Å²) in [6.07, 6.45) is 0.686. The Hall–Kier alpha value is -3.15. The average molecular weight is 340 g/mol. The number of ether oxygens (including phenoxy) is 1. The van der Waals surface area contributed by atoms with Gasteiger partial charge in [-0.2, -0.15) is 0 Å². The van der Waals surface area contributed by atoms with Crippen molar-refractivity contribution in [1.82, 2.24) is 4.98 Å². The minimum absolute atomic E-state index is 0.159. The Kier molecular flexibility index (Phi) is 4.79. The lowest BCUT2D eigenvalue weighted by atomic mass is 10.1. The van der Waals surface area contributed by atoms with Crippen molar-refractivity contribution in [2.24, 2.45) is 0 Å². The quantitative estimate of drug-likeness (QED) is 0.700. The first-order valence-corrected chi connectivity index (χ1v) is 7.82. The van der Waals surface area contributed by atoms with E-state index in [0.29, 0.717) is 23.9 Å². The SMILES string of the molecule is COC(=O)c1c(NCCc2ccccc2)c2cc(F)ccc2[nH]c1=O. The number of nitrogens with one attached hydrogen (secondary N) is 2. The highest BCUT2D eigenvalue weighted by Gasteiger charge is 2.20. The Morgan fingerprint density at radius 1 is 1.20 bits per heavy atom. The molecule has 1 aromatic heterocycles. The minimum atomic E-state index is -0.769. The van der Waals surface area contributed by atoms with E-state index in [0.717, 1.165) is 5.56 Å². The Bertz CT molecular complexity index is 968. The molecule has 0 atom stereocenters. The molecule has 25 heavy (non-hydrogen) atoms. The fraction of sp³-hybridized carbons (Fsp3) is 0.158. The van der Waals surface area contributed by atoms with E-state index in [4.69, 9.17) is 4.74 Å². The molecule has 5 nitrogen and oxygen atoms in total. The fourth-order valence-corrected chi connectivity index (χ4v) is 2.72. The Morgan fingerprint density at radius 2 is 1.96 bits per heavy atom. The zero-order chi connectivity index (χ0) is 17.8. The van der Waals surface area contributed by atoms with Crippen molar-refractivity contribution in [1.29, 1.82) is 0 Å². The third-order valence-electron chi connectivity index (χ3n) is 3.92. The highest BCUT2D eigenvalue weighted by atomic mass is 19.1. The average Bonchev–Trinajstić information content (AvgIpc) is 2.62. The van der Waals surface area contributed by atoms with Crippen LogP contribution in [0.3, 0.4) is 0 Å². The summed E-state index contributed by atoms with van der Waals surface area (Å²) >= 11 is 0. The molecule has 0 fully saturated rings. The number of methoxy groups -OCH3 is 1. The predicted molar refractivity (Wildman–Crippen MR) is 94.5 cm³/mol. The van der Waals surface area contributed by atoms with Gasteiger partial charge in [-0.15, -0.1) is 0 Å². The largest absolute Gasteiger partial charge is 0.465 e. The molecule has 2 aromatic carbocycles. The number of benzene rings is 2. The maximum atomic E-state index is 13.7. The summed E-state index contributed by atoms with van der Waals surface area (Å²) in [6, 6.07) is 13.8. The van der Waals surface area contributed by atoms with Crippen LogP contribution >= 0.6 is 0 Å². The van der Waals surface area contributed by atoms with Crippen molar-refractivity contribution < 1.29 is 13.9 Å². The van der Waals surface area contributed by atoms with Gasteiger partial charge in [0.05, 0.1) is 18.3 Å². The number of carbonyl (C=O) groups is 1. The molecule has 3 aromatic rings. The van der Waals surface area contributed by atoms with Crippen LogP contribution in [0, 0.1) is 5.82 Å². The Morgan fingerprint density at radius 3 is 2.68 bits per heavy atom. The van der Waals surface area contributed by atoms with Crippen LogP contribution in [-0.2, 0) is 11.2 Å². The highest BCUT2D eigenvalue weighted by Crippen LogP contribution is 2.25. The van der Waals surface area contributed by atoms with Gasteiger partial charge in [-0.1, -0.05) is 30.3 Å². The second kappa shape index (κ2) is 7.17. The van der Waals surface area contributed by atoms with E-state index in [9.17, 15) is 14.0 Å². The van der Waals surface area contributed by atoms with Gasteiger partial charge in [0.15, 0.2) is 0 Å². The number of rotatable bonds is 5. The number of hydrogen-bond acceptors (Lipinski definition) is 4. The predicted octanol–water partition coefficient (Wildman–Crippen LogP) is 3.11. The van der Waals surface area contributed by atoms with Crippen LogP contribution in [0.15, 0.2) is 53.3 Å². The molecular formula is C19H17FN2O3. The van der Waals surface area contributed by atoms with Gasteiger partial charge in [-0.25, -0.2) is 9.18 Å². The number of H-pyrrole nitrogens is 1. The van der Waals surface area contributed by atoms with Gasteiger partial charge in [0.25, 0.3) is 5.56 Å². The molecule has 0 spiro atoms. The van der Waals surface area contributed by atoms with Crippen molar-refractivity contribution in [3.63, 3.8) is 0 Å². The minimum Gasteiger partial charge on any atom is -0.465 e. The maximum absolute atomic E-state index is 13.7. The topological polar surface area (TPSA) is 71.2 Å². The second-order valence-electron chi connectivity index (χ2n) is 5.55. The van der Waals surface area contributed by atoms with E-state index in [2.05, 4.69) is 10.3 Å². The van der Waals surface area contributed by atoms with Crippen molar-refractivity contribution in [3.05, 3.63) is 75.8 Å². The lowest BCUT2D eigenvalue weighted by Gasteiger charge is -2.13. The molecule has 0 aliphatic heterocycles. The summed E-state index contributed by atoms with van der Waals surface area (Å²) < 4.78 is 18.4. The van der Waals surface area contributed by atoms with Gasteiger partial charge >= 0.3 is 5.97 Å². The van der Waals surface area contributed by atoms with E-state index < -0.39 is 17.3 Å². The number of aromatic nitrogens is 1. The van der Waals surface area contributed by atoms with Gasteiger partial charge in [0, 0.05) is 11.9 Å². The van der Waals surface area contributed by atoms with Crippen molar-refractivity contribution in [2.75, 3.05) is 19.0 Å². The standard InChI is InChI=1S/C19H17FN2O3/c1-25-19(24)16-17(21-10-9-12-5-3-2-4-6-12)14-11-13(20)7-8-15(14)22-18(16)23/h2-8,11H,9-10H2,1H3,(H2,21,22,23). The van der Waals surface area contributed by atoms with Crippen LogP contribution in [0.1, 0.15) is 15.9 Å². The number of hydrogen-bond donors (Lipinski definition) is 2. The zero-order valence-corrected chi connectivity index (χ0v) is 13.6. The fourth-order valence-electron chi connectivity index (χ4n) is 2.72. The molecule has 1 heterocycles. The normalized spacial score (nSPS) is 10.6. The molecule has 3 rings (SSSR count). The third-order valence-corrected chi connectivity index (χ3v) is 3.92. The molecule has 6 heteroatoms. The summed E-state index contributed by atoms with van der Waals surface area (Å²) in [5.41, 5.74) is 1.10. The van der Waals surface area contributed by atoms with Crippen LogP contribution < -0.4 is 10.9 Å². The van der Waals surface area contributed by atoms with Crippen molar-refractivity contribution in [2.45, 2.75) is 6.42 Å². The number of halogens is 1. The molecule has 128 valence electrons. The number of aromatic amines is 1. The lowest BCUT2D eigenvalue weighted by molar-refractivity contribution is 0.0600. The number of anilines is 1. The summed E-state index contributed by atoms with van der Waals surface area (Å²) in [4.78, 5) is 26.9. The smallest absolute Gasteiger partial charge is 0.345 e. The van der Waals surface area contributed by atoms with E-state index in [1.54, 1.807) is 0 Å². The highest BCUT2D eigenvalue weighted by molar-refractivity contribution is 6.04. The monoisotopic (exact) mass is 340 g/mol. The Balaban J connectivity index is 2.01. The first kappa shape index (κ1) is 16.7. The molecule has 0 bridgehead atoms. The van der Waals surface area contributed by atoms with E-state index >= 15 is 0 Å². The summed E-state index contributed by atoms with van der Waals surface area (Å²) in [7, 11) is 1.20. The van der Waals surface area contributed by atoms with Crippen molar-refractivity contribution >= 4 is 22.6 Å². The van der Waals surface area contributed by atoms with E-state index in [1.165, 1.54) is 25.3 Å². The molecule has 0 aliphatic rings. The summed E-state index contributed by atoms with van der Waals surface area (Å²) in [6.45, 7) is 0.475. The van der Waals surface area contributed by atoms with Crippen LogP contribution in [0.25, 0.3) is 10.9 Å². The zero-order valence-electron chi connectivity index (χ0n) is 13.6. The first-order valence-electron chi connectivity index (χ1n) is 7.82. The van der Waals surface area contributed by atoms with Gasteiger partial charge in [-0.3, -0.25) is 4.79 Å². The molecule has 0 radical (unpaired) electrons. The van der Waals surface area contributed by atoms with Crippen LogP contribution in [-0.4, -0.2) is 24.6 Å². The molecule has 0 aliphatic carbocycles. The third kappa shape index (κ3) is 3.52.